The van der Waals surface area contributed by atoms with E-state index in [2.05, 4.69) is 10.3 Å². The number of aromatic nitrogens is 1. The van der Waals surface area contributed by atoms with Gasteiger partial charge >= 0.3 is 0 Å². The Morgan fingerprint density at radius 2 is 1.96 bits per heavy atom. The Balaban J connectivity index is 1.78. The van der Waals surface area contributed by atoms with Crippen LogP contribution in [0.4, 0.5) is 0 Å². The molecule has 4 heteroatoms. The molecule has 0 bridgehead atoms. The van der Waals surface area contributed by atoms with Gasteiger partial charge in [0.25, 0.3) is 5.91 Å². The Bertz CT molecular complexity index is 811. The maximum Gasteiger partial charge on any atom is 0.251 e. The highest BCUT2D eigenvalue weighted by molar-refractivity contribution is 5.98. The minimum atomic E-state index is -0.718. The molecule has 24 heavy (non-hydrogen) atoms. The van der Waals surface area contributed by atoms with E-state index in [0.29, 0.717) is 12.0 Å². The molecule has 1 heterocycles. The summed E-state index contributed by atoms with van der Waals surface area (Å²) >= 11 is 0. The summed E-state index contributed by atoms with van der Waals surface area (Å²) in [5, 5.41) is 14.7. The minimum Gasteiger partial charge on any atom is -0.386 e. The maximum atomic E-state index is 12.6. The molecule has 3 N–H and O–H groups in total. The van der Waals surface area contributed by atoms with Crippen molar-refractivity contribution in [3.05, 3.63) is 71.9 Å². The first-order valence-corrected chi connectivity index (χ1v) is 8.30. The van der Waals surface area contributed by atoms with Crippen molar-refractivity contribution in [3.8, 4) is 0 Å². The number of benzene rings is 2. The fourth-order valence-corrected chi connectivity index (χ4v) is 2.94. The molecule has 124 valence electrons. The molecule has 0 aliphatic carbocycles. The molecule has 0 spiro atoms. The first-order chi connectivity index (χ1) is 11.7. The summed E-state index contributed by atoms with van der Waals surface area (Å²) < 4.78 is 0. The Hall–Kier alpha value is -2.59. The summed E-state index contributed by atoms with van der Waals surface area (Å²) in [4.78, 5) is 15.7. The fourth-order valence-electron chi connectivity index (χ4n) is 2.94. The van der Waals surface area contributed by atoms with Gasteiger partial charge in [0.1, 0.15) is 0 Å². The number of amides is 1. The molecule has 0 fully saturated rings. The van der Waals surface area contributed by atoms with E-state index in [1.807, 2.05) is 67.7 Å². The van der Waals surface area contributed by atoms with E-state index in [1.54, 1.807) is 0 Å². The van der Waals surface area contributed by atoms with Crippen LogP contribution in [0.2, 0.25) is 0 Å². The number of aromatic amines is 1. The summed E-state index contributed by atoms with van der Waals surface area (Å²) in [6.45, 7) is 2.04. The highest BCUT2D eigenvalue weighted by atomic mass is 16.3. The predicted octanol–water partition coefficient (Wildman–Crippen LogP) is 3.80. The van der Waals surface area contributed by atoms with Crippen LogP contribution in [-0.2, 0) is 0 Å². The number of aliphatic hydroxyl groups excluding tert-OH is 1. The molecule has 0 aliphatic rings. The maximum absolute atomic E-state index is 12.6. The Labute approximate surface area is 141 Å². The van der Waals surface area contributed by atoms with Crippen molar-refractivity contribution in [2.45, 2.75) is 31.9 Å². The first-order valence-electron chi connectivity index (χ1n) is 8.30. The lowest BCUT2D eigenvalue weighted by Crippen LogP contribution is -2.39. The normalized spacial score (nSPS) is 13.6. The zero-order valence-electron chi connectivity index (χ0n) is 13.7. The second-order valence-electron chi connectivity index (χ2n) is 6.00. The van der Waals surface area contributed by atoms with Gasteiger partial charge in [-0.1, -0.05) is 49.7 Å². The van der Waals surface area contributed by atoms with Crippen LogP contribution in [0.1, 0.15) is 41.8 Å². The Kier molecular flexibility index (Phi) is 4.96. The third kappa shape index (κ3) is 3.49. The molecule has 0 saturated heterocycles. The largest absolute Gasteiger partial charge is 0.386 e. The smallest absolute Gasteiger partial charge is 0.251 e. The molecule has 0 radical (unpaired) electrons. The van der Waals surface area contributed by atoms with Crippen molar-refractivity contribution in [2.24, 2.45) is 0 Å². The van der Waals surface area contributed by atoms with Gasteiger partial charge in [-0.25, -0.2) is 0 Å². The van der Waals surface area contributed by atoms with Crippen LogP contribution in [0.25, 0.3) is 10.9 Å². The van der Waals surface area contributed by atoms with Crippen LogP contribution in [0.5, 0.6) is 0 Å². The quantitative estimate of drug-likeness (QED) is 0.646. The summed E-state index contributed by atoms with van der Waals surface area (Å²) in [7, 11) is 0. The monoisotopic (exact) mass is 322 g/mol. The van der Waals surface area contributed by atoms with Crippen molar-refractivity contribution in [1.29, 1.82) is 0 Å². The number of fused-ring (bicyclic) bond motifs is 1. The van der Waals surface area contributed by atoms with Gasteiger partial charge in [0.2, 0.25) is 0 Å². The van der Waals surface area contributed by atoms with Crippen molar-refractivity contribution in [1.82, 2.24) is 10.3 Å². The molecular weight excluding hydrogens is 300 g/mol. The van der Waals surface area contributed by atoms with Crippen LogP contribution >= 0.6 is 0 Å². The van der Waals surface area contributed by atoms with Gasteiger partial charge in [-0.15, -0.1) is 0 Å². The second kappa shape index (κ2) is 7.32. The summed E-state index contributed by atoms with van der Waals surface area (Å²) in [6, 6.07) is 16.7. The van der Waals surface area contributed by atoms with Crippen LogP contribution < -0.4 is 5.32 Å². The molecular formula is C20H22N2O2. The average Bonchev–Trinajstić information content (AvgIpc) is 3.09. The summed E-state index contributed by atoms with van der Waals surface area (Å²) in [6.07, 6.45) is 2.73. The van der Waals surface area contributed by atoms with Crippen molar-refractivity contribution in [3.63, 3.8) is 0 Å². The summed E-state index contributed by atoms with van der Waals surface area (Å²) in [5.74, 6) is -0.167. The number of hydrogen-bond acceptors (Lipinski definition) is 2. The standard InChI is InChI=1S/C20H22N2O2/c1-2-6-17(19(23)15-7-4-3-5-8-15)22-20(24)16-10-9-14-11-12-21-18(14)13-16/h3-5,7-13,17,19,21,23H,2,6H2,1H3,(H,22,24)/t17-,19-/m0/s1. The van der Waals surface area contributed by atoms with E-state index in [1.165, 1.54) is 0 Å². The van der Waals surface area contributed by atoms with E-state index < -0.39 is 6.10 Å². The fraction of sp³-hybridized carbons (Fsp3) is 0.250. The highest BCUT2D eigenvalue weighted by Gasteiger charge is 2.22. The zero-order valence-corrected chi connectivity index (χ0v) is 13.7. The molecule has 2 atom stereocenters. The Morgan fingerprint density at radius 1 is 1.17 bits per heavy atom. The topological polar surface area (TPSA) is 65.1 Å². The molecule has 2 aromatic carbocycles. The number of nitrogens with one attached hydrogen (secondary N) is 2. The third-order valence-electron chi connectivity index (χ3n) is 4.26. The lowest BCUT2D eigenvalue weighted by Gasteiger charge is -2.24. The number of H-pyrrole nitrogens is 1. The van der Waals surface area contributed by atoms with Crippen molar-refractivity contribution < 1.29 is 9.90 Å². The minimum absolute atomic E-state index is 0.167. The first kappa shape index (κ1) is 16.3. The molecule has 1 amide bonds. The van der Waals surface area contributed by atoms with Crippen LogP contribution in [-0.4, -0.2) is 22.0 Å². The second-order valence-corrected chi connectivity index (χ2v) is 6.00. The summed E-state index contributed by atoms with van der Waals surface area (Å²) in [5.41, 5.74) is 2.33. The molecule has 4 nitrogen and oxygen atoms in total. The van der Waals surface area contributed by atoms with Crippen LogP contribution in [0.15, 0.2) is 60.8 Å². The van der Waals surface area contributed by atoms with Gasteiger partial charge in [0.15, 0.2) is 0 Å². The SMILES string of the molecule is CCC[C@H](NC(=O)c1ccc2cc[nH]c2c1)[C@@H](O)c1ccccc1. The van der Waals surface area contributed by atoms with Crippen LogP contribution in [0, 0.1) is 0 Å². The zero-order chi connectivity index (χ0) is 16.9. The number of carbonyl (C=O) groups excluding carboxylic acids is 1. The average molecular weight is 322 g/mol. The molecule has 3 rings (SSSR count). The number of rotatable bonds is 6. The number of aliphatic hydroxyl groups is 1. The molecule has 0 aliphatic heterocycles. The van der Waals surface area contributed by atoms with E-state index in [9.17, 15) is 9.90 Å². The van der Waals surface area contributed by atoms with E-state index >= 15 is 0 Å². The molecule has 0 saturated carbocycles. The van der Waals surface area contributed by atoms with E-state index in [4.69, 9.17) is 0 Å². The van der Waals surface area contributed by atoms with Crippen LogP contribution in [0.3, 0.4) is 0 Å². The highest BCUT2D eigenvalue weighted by Crippen LogP contribution is 2.21. The van der Waals surface area contributed by atoms with Gasteiger partial charge in [-0.3, -0.25) is 4.79 Å². The van der Waals surface area contributed by atoms with Crippen molar-refractivity contribution >= 4 is 16.8 Å². The molecule has 1 aromatic heterocycles. The van der Waals surface area contributed by atoms with Crippen molar-refractivity contribution in [2.75, 3.05) is 0 Å². The Morgan fingerprint density at radius 3 is 2.71 bits per heavy atom. The van der Waals surface area contributed by atoms with Gasteiger partial charge in [0.05, 0.1) is 12.1 Å². The lowest BCUT2D eigenvalue weighted by atomic mass is 9.98. The lowest BCUT2D eigenvalue weighted by molar-refractivity contribution is 0.0820. The van der Waals surface area contributed by atoms with Gasteiger partial charge in [-0.05, 0) is 35.6 Å². The van der Waals surface area contributed by atoms with Gasteiger partial charge < -0.3 is 15.4 Å². The molecule has 0 unspecified atom stereocenters. The van der Waals surface area contributed by atoms with E-state index in [-0.39, 0.29) is 11.9 Å². The van der Waals surface area contributed by atoms with Gasteiger partial charge in [-0.2, -0.15) is 0 Å². The van der Waals surface area contributed by atoms with Gasteiger partial charge in [0, 0.05) is 17.3 Å². The number of hydrogen-bond donors (Lipinski definition) is 3. The number of carbonyl (C=O) groups is 1. The predicted molar refractivity (Wildman–Crippen MR) is 95.9 cm³/mol. The molecule has 3 aromatic rings. The third-order valence-corrected chi connectivity index (χ3v) is 4.26. The van der Waals surface area contributed by atoms with E-state index in [0.717, 1.165) is 22.9 Å².